The number of ether oxygens (including phenoxy) is 2. The molecule has 128 valence electrons. The maximum atomic E-state index is 12.2. The summed E-state index contributed by atoms with van der Waals surface area (Å²) in [5, 5.41) is 0.218. The highest BCUT2D eigenvalue weighted by atomic mass is 35.5. The largest absolute Gasteiger partial charge is 0.496 e. The Morgan fingerprint density at radius 1 is 1.22 bits per heavy atom. The standard InChI is InChI=1S/C16H23ClN2O4/c1-9(2)19(10(3)4)15(20)8-23-16(21)11-6-12(17)13(18)7-14(11)22-5/h6-7,9-10H,8,18H2,1-5H3. The van der Waals surface area contributed by atoms with Crippen LogP contribution in [0.2, 0.25) is 5.02 Å². The van der Waals surface area contributed by atoms with Crippen molar-refractivity contribution >= 4 is 29.2 Å². The molecule has 1 aromatic rings. The topological polar surface area (TPSA) is 81.9 Å². The minimum absolute atomic E-state index is 0.0155. The molecule has 7 heteroatoms. The van der Waals surface area contributed by atoms with Crippen LogP contribution in [-0.4, -0.2) is 42.6 Å². The van der Waals surface area contributed by atoms with E-state index < -0.39 is 5.97 Å². The molecule has 0 bridgehead atoms. The zero-order valence-corrected chi connectivity index (χ0v) is 14.8. The van der Waals surface area contributed by atoms with Crippen molar-refractivity contribution < 1.29 is 19.1 Å². The van der Waals surface area contributed by atoms with Crippen molar-refractivity contribution in [3.63, 3.8) is 0 Å². The van der Waals surface area contributed by atoms with E-state index in [1.807, 2.05) is 27.7 Å². The Morgan fingerprint density at radius 2 is 1.78 bits per heavy atom. The van der Waals surface area contributed by atoms with E-state index in [9.17, 15) is 9.59 Å². The van der Waals surface area contributed by atoms with Crippen molar-refractivity contribution in [1.29, 1.82) is 0 Å². The van der Waals surface area contributed by atoms with Crippen LogP contribution in [0.4, 0.5) is 5.69 Å². The van der Waals surface area contributed by atoms with Crippen LogP contribution < -0.4 is 10.5 Å². The van der Waals surface area contributed by atoms with E-state index in [1.54, 1.807) is 4.90 Å². The number of benzene rings is 1. The molecule has 2 N–H and O–H groups in total. The van der Waals surface area contributed by atoms with Crippen LogP contribution in [0, 0.1) is 0 Å². The van der Waals surface area contributed by atoms with E-state index in [4.69, 9.17) is 26.8 Å². The summed E-state index contributed by atoms with van der Waals surface area (Å²) in [4.78, 5) is 26.0. The van der Waals surface area contributed by atoms with Crippen LogP contribution in [-0.2, 0) is 9.53 Å². The van der Waals surface area contributed by atoms with Gasteiger partial charge < -0.3 is 20.1 Å². The van der Waals surface area contributed by atoms with E-state index in [0.29, 0.717) is 5.69 Å². The fourth-order valence-electron chi connectivity index (χ4n) is 2.35. The first-order chi connectivity index (χ1) is 10.7. The molecule has 0 aliphatic rings. The van der Waals surface area contributed by atoms with Gasteiger partial charge in [-0.1, -0.05) is 11.6 Å². The SMILES string of the molecule is COc1cc(N)c(Cl)cc1C(=O)OCC(=O)N(C(C)C)C(C)C. The number of amides is 1. The maximum absolute atomic E-state index is 12.2. The van der Waals surface area contributed by atoms with Gasteiger partial charge >= 0.3 is 5.97 Å². The molecular weight excluding hydrogens is 320 g/mol. The van der Waals surface area contributed by atoms with Gasteiger partial charge in [-0.2, -0.15) is 0 Å². The molecule has 0 aliphatic carbocycles. The van der Waals surface area contributed by atoms with E-state index in [0.717, 1.165) is 0 Å². The number of nitrogen functional groups attached to an aromatic ring is 1. The van der Waals surface area contributed by atoms with E-state index in [2.05, 4.69) is 0 Å². The molecule has 1 rings (SSSR count). The number of carbonyl (C=O) groups excluding carboxylic acids is 2. The molecule has 0 saturated carbocycles. The highest BCUT2D eigenvalue weighted by molar-refractivity contribution is 6.33. The number of nitrogens with two attached hydrogens (primary N) is 1. The third-order valence-corrected chi connectivity index (χ3v) is 3.59. The summed E-state index contributed by atoms with van der Waals surface area (Å²) >= 11 is 5.92. The number of nitrogens with zero attached hydrogens (tertiary/aromatic N) is 1. The highest BCUT2D eigenvalue weighted by Gasteiger charge is 2.23. The molecule has 0 saturated heterocycles. The molecule has 1 aromatic carbocycles. The Kier molecular flexibility index (Phi) is 6.69. The number of hydrogen-bond donors (Lipinski definition) is 1. The van der Waals surface area contributed by atoms with Gasteiger partial charge in [-0.3, -0.25) is 4.79 Å². The Hall–Kier alpha value is -1.95. The summed E-state index contributed by atoms with van der Waals surface area (Å²) in [5.41, 5.74) is 6.09. The van der Waals surface area contributed by atoms with Crippen LogP contribution >= 0.6 is 11.6 Å². The van der Waals surface area contributed by atoms with Crippen molar-refractivity contribution in [3.8, 4) is 5.75 Å². The number of hydrogen-bond acceptors (Lipinski definition) is 5. The fraction of sp³-hybridized carbons (Fsp3) is 0.500. The summed E-state index contributed by atoms with van der Waals surface area (Å²) in [6.07, 6.45) is 0. The van der Waals surface area contributed by atoms with Crippen molar-refractivity contribution in [2.24, 2.45) is 0 Å². The number of esters is 1. The summed E-state index contributed by atoms with van der Waals surface area (Å²) in [5.74, 6) is -0.706. The second-order valence-corrected chi connectivity index (χ2v) is 6.05. The van der Waals surface area contributed by atoms with Gasteiger partial charge in [0, 0.05) is 18.2 Å². The zero-order valence-electron chi connectivity index (χ0n) is 14.1. The van der Waals surface area contributed by atoms with Gasteiger partial charge in [-0.05, 0) is 33.8 Å². The first-order valence-electron chi connectivity index (χ1n) is 7.30. The highest BCUT2D eigenvalue weighted by Crippen LogP contribution is 2.29. The van der Waals surface area contributed by atoms with E-state index in [1.165, 1.54) is 19.2 Å². The monoisotopic (exact) mass is 342 g/mol. The summed E-state index contributed by atoms with van der Waals surface area (Å²) in [6.45, 7) is 7.27. The molecule has 0 atom stereocenters. The number of rotatable bonds is 6. The van der Waals surface area contributed by atoms with Crippen LogP contribution in [0.15, 0.2) is 12.1 Å². The van der Waals surface area contributed by atoms with Crippen LogP contribution in [0.3, 0.4) is 0 Å². The molecule has 0 unspecified atom stereocenters. The third-order valence-electron chi connectivity index (χ3n) is 3.27. The zero-order chi connectivity index (χ0) is 17.7. The first kappa shape index (κ1) is 19.1. The van der Waals surface area contributed by atoms with E-state index >= 15 is 0 Å². The fourth-order valence-corrected chi connectivity index (χ4v) is 2.51. The van der Waals surface area contributed by atoms with Gasteiger partial charge in [-0.25, -0.2) is 4.79 Å². The quantitative estimate of drug-likeness (QED) is 0.635. The second-order valence-electron chi connectivity index (χ2n) is 5.64. The van der Waals surface area contributed by atoms with Gasteiger partial charge in [0.1, 0.15) is 11.3 Å². The summed E-state index contributed by atoms with van der Waals surface area (Å²) in [6, 6.07) is 2.84. The van der Waals surface area contributed by atoms with Crippen LogP contribution in [0.1, 0.15) is 38.1 Å². The van der Waals surface area contributed by atoms with Gasteiger partial charge in [0.25, 0.3) is 5.91 Å². The molecule has 0 aromatic heterocycles. The van der Waals surface area contributed by atoms with Gasteiger partial charge in [0.15, 0.2) is 6.61 Å². The Balaban J connectivity index is 2.85. The average Bonchev–Trinajstić information content (AvgIpc) is 2.46. The molecule has 0 fully saturated rings. The molecule has 0 aliphatic heterocycles. The molecule has 0 heterocycles. The predicted molar refractivity (Wildman–Crippen MR) is 89.8 cm³/mol. The number of carbonyl (C=O) groups is 2. The minimum Gasteiger partial charge on any atom is -0.496 e. The Morgan fingerprint density at radius 3 is 2.26 bits per heavy atom. The normalized spacial score (nSPS) is 10.8. The van der Waals surface area contributed by atoms with Crippen molar-refractivity contribution in [3.05, 3.63) is 22.7 Å². The molecule has 6 nitrogen and oxygen atoms in total. The lowest BCUT2D eigenvalue weighted by Crippen LogP contribution is -2.44. The van der Waals surface area contributed by atoms with Gasteiger partial charge in [0.05, 0.1) is 17.8 Å². The average molecular weight is 343 g/mol. The molecule has 0 radical (unpaired) electrons. The Bertz CT molecular complexity index is 580. The van der Waals surface area contributed by atoms with Crippen molar-refractivity contribution in [1.82, 2.24) is 4.90 Å². The maximum Gasteiger partial charge on any atom is 0.342 e. The number of halogens is 1. The lowest BCUT2D eigenvalue weighted by molar-refractivity contribution is -0.138. The smallest absolute Gasteiger partial charge is 0.342 e. The third kappa shape index (κ3) is 4.76. The minimum atomic E-state index is -0.690. The lowest BCUT2D eigenvalue weighted by atomic mass is 10.2. The van der Waals surface area contributed by atoms with Crippen molar-refractivity contribution in [2.45, 2.75) is 39.8 Å². The van der Waals surface area contributed by atoms with Gasteiger partial charge in [-0.15, -0.1) is 0 Å². The van der Waals surface area contributed by atoms with Gasteiger partial charge in [0.2, 0.25) is 0 Å². The molecule has 23 heavy (non-hydrogen) atoms. The lowest BCUT2D eigenvalue weighted by Gasteiger charge is -2.30. The van der Waals surface area contributed by atoms with E-state index in [-0.39, 0.29) is 40.9 Å². The number of methoxy groups -OCH3 is 1. The number of anilines is 1. The molecule has 0 spiro atoms. The summed E-state index contributed by atoms with van der Waals surface area (Å²) < 4.78 is 10.2. The summed E-state index contributed by atoms with van der Waals surface area (Å²) in [7, 11) is 1.41. The van der Waals surface area contributed by atoms with Crippen LogP contribution in [0.25, 0.3) is 0 Å². The molecular formula is C16H23ClN2O4. The second kappa shape index (κ2) is 8.06. The Labute approximate surface area is 141 Å². The van der Waals surface area contributed by atoms with Crippen LogP contribution in [0.5, 0.6) is 5.75 Å². The first-order valence-corrected chi connectivity index (χ1v) is 7.68. The molecule has 1 amide bonds. The predicted octanol–water partition coefficient (Wildman–Crippen LogP) is 2.73. The van der Waals surface area contributed by atoms with Crippen molar-refractivity contribution in [2.75, 3.05) is 19.5 Å².